The molecule has 1 aromatic carbocycles. The van der Waals surface area contributed by atoms with Crippen LogP contribution in [0.5, 0.6) is 11.5 Å². The van der Waals surface area contributed by atoms with E-state index >= 15 is 0 Å². The summed E-state index contributed by atoms with van der Waals surface area (Å²) >= 11 is 0. The zero-order chi connectivity index (χ0) is 18.5. The Kier molecular flexibility index (Phi) is 5.76. The van der Waals surface area contributed by atoms with Crippen LogP contribution in [0.25, 0.3) is 0 Å². The van der Waals surface area contributed by atoms with E-state index in [9.17, 15) is 4.79 Å². The Morgan fingerprint density at radius 2 is 1.96 bits per heavy atom. The normalized spacial score (nSPS) is 17.0. The highest BCUT2D eigenvalue weighted by atomic mass is 16.5. The van der Waals surface area contributed by atoms with E-state index < -0.39 is 0 Å². The van der Waals surface area contributed by atoms with Gasteiger partial charge in [-0.2, -0.15) is 0 Å². The Labute approximate surface area is 155 Å². The smallest absolute Gasteiger partial charge is 0.255 e. The van der Waals surface area contributed by atoms with Crippen LogP contribution in [0, 0.1) is 19.8 Å². The summed E-state index contributed by atoms with van der Waals surface area (Å²) in [5.74, 6) is 2.05. The van der Waals surface area contributed by atoms with Gasteiger partial charge in [0.2, 0.25) is 0 Å². The van der Waals surface area contributed by atoms with Crippen molar-refractivity contribution in [2.45, 2.75) is 26.7 Å². The highest BCUT2D eigenvalue weighted by Gasteiger charge is 2.26. The molecule has 0 bridgehead atoms. The molecule has 0 saturated carbocycles. The van der Waals surface area contributed by atoms with E-state index in [-0.39, 0.29) is 5.91 Å². The van der Waals surface area contributed by atoms with E-state index in [1.54, 1.807) is 13.3 Å². The van der Waals surface area contributed by atoms with Gasteiger partial charge < -0.3 is 14.4 Å². The summed E-state index contributed by atoms with van der Waals surface area (Å²) in [7, 11) is 1.65. The quantitative estimate of drug-likeness (QED) is 0.823. The second kappa shape index (κ2) is 8.21. The second-order valence-corrected chi connectivity index (χ2v) is 6.89. The molecule has 3 rings (SSSR count). The Morgan fingerprint density at radius 3 is 2.65 bits per heavy atom. The molecule has 0 spiro atoms. The van der Waals surface area contributed by atoms with Gasteiger partial charge in [0.15, 0.2) is 0 Å². The first-order valence-electron chi connectivity index (χ1n) is 9.06. The van der Waals surface area contributed by atoms with E-state index in [0.29, 0.717) is 18.1 Å². The Balaban J connectivity index is 1.58. The number of carbonyl (C=O) groups is 1. The first kappa shape index (κ1) is 18.2. The monoisotopic (exact) mass is 354 g/mol. The molecule has 0 aliphatic carbocycles. The minimum atomic E-state index is 0.0733. The van der Waals surface area contributed by atoms with Crippen molar-refractivity contribution >= 4 is 5.91 Å². The van der Waals surface area contributed by atoms with Gasteiger partial charge in [-0.1, -0.05) is 0 Å². The molecule has 1 atom stereocenters. The molecule has 0 radical (unpaired) electrons. The summed E-state index contributed by atoms with van der Waals surface area (Å²) in [5, 5.41) is 0. The van der Waals surface area contributed by atoms with Crippen LogP contribution in [0.4, 0.5) is 0 Å². The van der Waals surface area contributed by atoms with Gasteiger partial charge in [0.25, 0.3) is 5.91 Å². The number of hydrogen-bond acceptors (Lipinski definition) is 4. The van der Waals surface area contributed by atoms with Crippen LogP contribution >= 0.6 is 0 Å². The van der Waals surface area contributed by atoms with E-state index in [4.69, 9.17) is 9.47 Å². The number of carbonyl (C=O) groups excluding carboxylic acids is 1. The minimum absolute atomic E-state index is 0.0733. The van der Waals surface area contributed by atoms with E-state index in [2.05, 4.69) is 4.98 Å². The van der Waals surface area contributed by atoms with Crippen molar-refractivity contribution in [2.75, 3.05) is 26.8 Å². The number of hydrogen-bond donors (Lipinski definition) is 0. The Hall–Kier alpha value is -2.56. The fraction of sp³-hybridized carbons (Fsp3) is 0.429. The summed E-state index contributed by atoms with van der Waals surface area (Å²) in [6, 6.07) is 9.55. The third-order valence-corrected chi connectivity index (χ3v) is 4.83. The third-order valence-electron chi connectivity index (χ3n) is 4.83. The van der Waals surface area contributed by atoms with Crippen LogP contribution < -0.4 is 9.47 Å². The highest BCUT2D eigenvalue weighted by molar-refractivity contribution is 5.95. The lowest BCUT2D eigenvalue weighted by Gasteiger charge is -2.33. The fourth-order valence-electron chi connectivity index (χ4n) is 3.36. The van der Waals surface area contributed by atoms with Crippen molar-refractivity contribution < 1.29 is 14.3 Å². The predicted molar refractivity (Wildman–Crippen MR) is 101 cm³/mol. The second-order valence-electron chi connectivity index (χ2n) is 6.89. The third kappa shape index (κ3) is 4.34. The molecule has 138 valence electrons. The Morgan fingerprint density at radius 1 is 1.23 bits per heavy atom. The highest BCUT2D eigenvalue weighted by Crippen LogP contribution is 2.22. The zero-order valence-corrected chi connectivity index (χ0v) is 15.7. The van der Waals surface area contributed by atoms with Crippen LogP contribution in [-0.4, -0.2) is 42.6 Å². The van der Waals surface area contributed by atoms with E-state index in [1.807, 2.05) is 49.1 Å². The number of ether oxygens (including phenoxy) is 2. The lowest BCUT2D eigenvalue weighted by atomic mass is 9.98. The van der Waals surface area contributed by atoms with Crippen LogP contribution in [0.15, 0.2) is 36.5 Å². The maximum absolute atomic E-state index is 12.9. The summed E-state index contributed by atoms with van der Waals surface area (Å²) < 4.78 is 11.1. The van der Waals surface area contributed by atoms with Crippen LogP contribution in [0.2, 0.25) is 0 Å². The van der Waals surface area contributed by atoms with Gasteiger partial charge in [-0.15, -0.1) is 0 Å². The molecule has 5 nitrogen and oxygen atoms in total. The number of rotatable bonds is 5. The van der Waals surface area contributed by atoms with Crippen molar-refractivity contribution in [3.8, 4) is 11.5 Å². The SMILES string of the molecule is COc1ccc(OC[C@@H]2CCCN(C(=O)c3cnc(C)cc3C)C2)cc1. The maximum atomic E-state index is 12.9. The molecule has 2 heterocycles. The molecule has 26 heavy (non-hydrogen) atoms. The van der Waals surface area contributed by atoms with E-state index in [0.717, 1.165) is 48.7 Å². The molecule has 1 aliphatic heterocycles. The molecule has 0 N–H and O–H groups in total. The molecule has 1 aliphatic rings. The first-order valence-corrected chi connectivity index (χ1v) is 9.06. The molecule has 1 amide bonds. The number of piperidine rings is 1. The number of likely N-dealkylation sites (tertiary alicyclic amines) is 1. The Bertz CT molecular complexity index is 758. The van der Waals surface area contributed by atoms with Crippen molar-refractivity contribution in [3.05, 3.63) is 53.3 Å². The van der Waals surface area contributed by atoms with Gasteiger partial charge >= 0.3 is 0 Å². The zero-order valence-electron chi connectivity index (χ0n) is 15.7. The summed E-state index contributed by atoms with van der Waals surface area (Å²) in [6.07, 6.45) is 3.77. The van der Waals surface area contributed by atoms with Gasteiger partial charge in [-0.05, 0) is 62.6 Å². The van der Waals surface area contributed by atoms with E-state index in [1.165, 1.54) is 0 Å². The molecular weight excluding hydrogens is 328 g/mol. The van der Waals surface area contributed by atoms with Gasteiger partial charge in [-0.25, -0.2) is 0 Å². The number of pyridine rings is 1. The van der Waals surface area contributed by atoms with Gasteiger partial charge in [-0.3, -0.25) is 9.78 Å². The summed E-state index contributed by atoms with van der Waals surface area (Å²) in [5.41, 5.74) is 2.62. The molecular formula is C21H26N2O3. The van der Waals surface area contributed by atoms with Crippen LogP contribution in [-0.2, 0) is 0 Å². The molecule has 5 heteroatoms. The molecule has 1 fully saturated rings. The fourth-order valence-corrected chi connectivity index (χ4v) is 3.36. The molecule has 1 aromatic heterocycles. The van der Waals surface area contributed by atoms with Crippen molar-refractivity contribution in [2.24, 2.45) is 5.92 Å². The van der Waals surface area contributed by atoms with Crippen molar-refractivity contribution in [1.82, 2.24) is 9.88 Å². The maximum Gasteiger partial charge on any atom is 0.255 e. The van der Waals surface area contributed by atoms with Crippen LogP contribution in [0.1, 0.15) is 34.5 Å². The topological polar surface area (TPSA) is 51.7 Å². The van der Waals surface area contributed by atoms with Gasteiger partial charge in [0, 0.05) is 30.9 Å². The van der Waals surface area contributed by atoms with Crippen LogP contribution in [0.3, 0.4) is 0 Å². The largest absolute Gasteiger partial charge is 0.497 e. The lowest BCUT2D eigenvalue weighted by Crippen LogP contribution is -2.41. The van der Waals surface area contributed by atoms with Crippen molar-refractivity contribution in [1.29, 1.82) is 0 Å². The number of benzene rings is 1. The number of aromatic nitrogens is 1. The minimum Gasteiger partial charge on any atom is -0.497 e. The number of amides is 1. The first-order chi connectivity index (χ1) is 12.6. The molecule has 1 saturated heterocycles. The number of nitrogens with zero attached hydrogens (tertiary/aromatic N) is 2. The molecule has 0 unspecified atom stereocenters. The lowest BCUT2D eigenvalue weighted by molar-refractivity contribution is 0.0632. The number of aryl methyl sites for hydroxylation is 2. The predicted octanol–water partition coefficient (Wildman–Crippen LogP) is 3.64. The average Bonchev–Trinajstić information content (AvgIpc) is 2.66. The molecule has 2 aromatic rings. The average molecular weight is 354 g/mol. The number of methoxy groups -OCH3 is 1. The standard InChI is InChI=1S/C21H26N2O3/c1-15-11-16(2)22-12-20(15)21(24)23-10-4-5-17(13-23)14-26-19-8-6-18(25-3)7-9-19/h6-9,11-12,17H,4-5,10,13-14H2,1-3H3/t17-/m1/s1. The summed E-state index contributed by atoms with van der Waals surface area (Å²) in [6.45, 7) is 6.04. The van der Waals surface area contributed by atoms with Crippen molar-refractivity contribution in [3.63, 3.8) is 0 Å². The van der Waals surface area contributed by atoms with Gasteiger partial charge in [0.1, 0.15) is 11.5 Å². The summed E-state index contributed by atoms with van der Waals surface area (Å²) in [4.78, 5) is 19.1. The van der Waals surface area contributed by atoms with Gasteiger partial charge in [0.05, 0.1) is 19.3 Å².